The third-order valence-corrected chi connectivity index (χ3v) is 2.87. The van der Waals surface area contributed by atoms with Crippen molar-refractivity contribution < 1.29 is 4.39 Å². The molecule has 1 heteroatoms. The minimum absolute atomic E-state index is 0.291. The average Bonchev–Trinajstić information content (AvgIpc) is 2.40. The van der Waals surface area contributed by atoms with E-state index >= 15 is 0 Å². The van der Waals surface area contributed by atoms with Gasteiger partial charge in [0, 0.05) is 11.5 Å². The molecule has 3 aromatic carbocycles. The molecule has 0 bridgehead atoms. The molecule has 0 N–H and O–H groups in total. The largest absolute Gasteiger partial charge is 0.206 e. The van der Waals surface area contributed by atoms with Crippen LogP contribution in [0.1, 0.15) is 0 Å². The Morgan fingerprint density at radius 3 is 2.47 bits per heavy atom. The van der Waals surface area contributed by atoms with Gasteiger partial charge in [-0.1, -0.05) is 54.6 Å². The first-order valence-electron chi connectivity index (χ1n) is 5.50. The highest BCUT2D eigenvalue weighted by atomic mass is 19.1. The van der Waals surface area contributed by atoms with Gasteiger partial charge in [0.2, 0.25) is 0 Å². The molecule has 0 aliphatic carbocycles. The molecule has 0 saturated heterocycles. The lowest BCUT2D eigenvalue weighted by molar-refractivity contribution is 0.637. The van der Waals surface area contributed by atoms with E-state index in [2.05, 4.69) is 6.07 Å². The number of hydrogen-bond donors (Lipinski definition) is 0. The molecule has 0 spiro atoms. The molecule has 0 amide bonds. The van der Waals surface area contributed by atoms with E-state index in [1.807, 2.05) is 54.6 Å². The highest BCUT2D eigenvalue weighted by molar-refractivity contribution is 5.87. The summed E-state index contributed by atoms with van der Waals surface area (Å²) in [6.45, 7) is 0. The summed E-state index contributed by atoms with van der Waals surface area (Å²) in [6.07, 6.45) is 0. The van der Waals surface area contributed by atoms with E-state index in [4.69, 9.17) is 0 Å². The van der Waals surface area contributed by atoms with Crippen LogP contribution < -0.4 is 0 Å². The molecule has 81 valence electrons. The van der Waals surface area contributed by atoms with Gasteiger partial charge >= 0.3 is 0 Å². The van der Waals surface area contributed by atoms with Gasteiger partial charge in [-0.15, -0.1) is 0 Å². The molecular formula is C16H10F. The molecule has 0 heterocycles. The summed E-state index contributed by atoms with van der Waals surface area (Å²) in [4.78, 5) is 0. The Balaban J connectivity index is 2.23. The van der Waals surface area contributed by atoms with Gasteiger partial charge in [0.05, 0.1) is 0 Å². The van der Waals surface area contributed by atoms with Gasteiger partial charge in [-0.3, -0.25) is 0 Å². The van der Waals surface area contributed by atoms with E-state index < -0.39 is 0 Å². The molecule has 17 heavy (non-hydrogen) atoms. The number of fused-ring (bicyclic) bond motifs is 1. The van der Waals surface area contributed by atoms with Crippen LogP contribution in [0.4, 0.5) is 4.39 Å². The van der Waals surface area contributed by atoms with Crippen molar-refractivity contribution in [2.45, 2.75) is 0 Å². The lowest BCUT2D eigenvalue weighted by Gasteiger charge is -2.04. The zero-order chi connectivity index (χ0) is 11.7. The Labute approximate surface area is 99.3 Å². The van der Waals surface area contributed by atoms with Crippen LogP contribution in [0, 0.1) is 11.9 Å². The maximum absolute atomic E-state index is 13.6. The Morgan fingerprint density at radius 1 is 0.824 bits per heavy atom. The number of halogens is 1. The maximum Gasteiger partial charge on any atom is 0.138 e. The smallest absolute Gasteiger partial charge is 0.138 e. The van der Waals surface area contributed by atoms with Crippen molar-refractivity contribution in [2.75, 3.05) is 0 Å². The van der Waals surface area contributed by atoms with Gasteiger partial charge in [0.15, 0.2) is 0 Å². The van der Waals surface area contributed by atoms with E-state index in [0.29, 0.717) is 5.39 Å². The SMILES string of the molecule is Fc1[c]ccc2ccc(-c3ccccc3)cc12. The molecule has 0 saturated carbocycles. The summed E-state index contributed by atoms with van der Waals surface area (Å²) in [5.74, 6) is -0.291. The van der Waals surface area contributed by atoms with Gasteiger partial charge in [-0.05, 0) is 22.6 Å². The fourth-order valence-electron chi connectivity index (χ4n) is 1.98. The molecule has 0 aromatic heterocycles. The van der Waals surface area contributed by atoms with Crippen molar-refractivity contribution in [1.82, 2.24) is 0 Å². The fourth-order valence-corrected chi connectivity index (χ4v) is 1.98. The molecule has 0 fully saturated rings. The standard InChI is InChI=1S/C16H10F/c17-16-8-4-7-13-9-10-14(11-15(13)16)12-5-2-1-3-6-12/h1-7,9-11H. The van der Waals surface area contributed by atoms with E-state index in [1.54, 1.807) is 6.07 Å². The lowest BCUT2D eigenvalue weighted by Crippen LogP contribution is -1.82. The molecule has 3 rings (SSSR count). The molecule has 0 atom stereocenters. The number of benzene rings is 3. The molecular weight excluding hydrogens is 211 g/mol. The Morgan fingerprint density at radius 2 is 1.65 bits per heavy atom. The third-order valence-electron chi connectivity index (χ3n) is 2.87. The second-order valence-corrected chi connectivity index (χ2v) is 3.96. The monoisotopic (exact) mass is 221 g/mol. The second-order valence-electron chi connectivity index (χ2n) is 3.96. The molecule has 0 unspecified atom stereocenters. The van der Waals surface area contributed by atoms with Crippen LogP contribution in [0.3, 0.4) is 0 Å². The predicted molar refractivity (Wildman–Crippen MR) is 68.2 cm³/mol. The molecule has 0 aliphatic rings. The van der Waals surface area contributed by atoms with Gasteiger partial charge in [-0.25, -0.2) is 4.39 Å². The van der Waals surface area contributed by atoms with Crippen LogP contribution in [0.15, 0.2) is 60.7 Å². The molecule has 0 aliphatic heterocycles. The van der Waals surface area contributed by atoms with Crippen LogP contribution in [0.5, 0.6) is 0 Å². The zero-order valence-electron chi connectivity index (χ0n) is 9.15. The Hall–Kier alpha value is -2.15. The van der Waals surface area contributed by atoms with Gasteiger partial charge in [0.1, 0.15) is 5.82 Å². The summed E-state index contributed by atoms with van der Waals surface area (Å²) in [6, 6.07) is 21.9. The van der Waals surface area contributed by atoms with Crippen LogP contribution >= 0.6 is 0 Å². The highest BCUT2D eigenvalue weighted by Crippen LogP contribution is 2.25. The maximum atomic E-state index is 13.6. The average molecular weight is 221 g/mol. The minimum Gasteiger partial charge on any atom is -0.206 e. The van der Waals surface area contributed by atoms with E-state index in [1.165, 1.54) is 0 Å². The molecule has 0 nitrogen and oxygen atoms in total. The van der Waals surface area contributed by atoms with Crippen molar-refractivity contribution in [3.8, 4) is 11.1 Å². The van der Waals surface area contributed by atoms with Crippen molar-refractivity contribution in [1.29, 1.82) is 0 Å². The minimum atomic E-state index is -0.291. The first-order chi connectivity index (χ1) is 8.34. The number of rotatable bonds is 1. The quantitative estimate of drug-likeness (QED) is 0.569. The van der Waals surface area contributed by atoms with Crippen molar-refractivity contribution in [3.05, 3.63) is 72.5 Å². The summed E-state index contributed by atoms with van der Waals surface area (Å²) in [5, 5.41) is 1.52. The summed E-state index contributed by atoms with van der Waals surface area (Å²) < 4.78 is 13.6. The predicted octanol–water partition coefficient (Wildman–Crippen LogP) is 4.45. The van der Waals surface area contributed by atoms with E-state index in [9.17, 15) is 4.39 Å². The van der Waals surface area contributed by atoms with Crippen molar-refractivity contribution >= 4 is 10.8 Å². The first kappa shape index (κ1) is 10.0. The summed E-state index contributed by atoms with van der Waals surface area (Å²) in [7, 11) is 0. The molecule has 3 aromatic rings. The lowest BCUT2D eigenvalue weighted by atomic mass is 10.0. The van der Waals surface area contributed by atoms with Gasteiger partial charge < -0.3 is 0 Å². The summed E-state index contributed by atoms with van der Waals surface area (Å²) >= 11 is 0. The van der Waals surface area contributed by atoms with Crippen LogP contribution in [-0.2, 0) is 0 Å². The normalized spacial score (nSPS) is 10.6. The van der Waals surface area contributed by atoms with Crippen LogP contribution in [0.2, 0.25) is 0 Å². The second kappa shape index (κ2) is 4.02. The van der Waals surface area contributed by atoms with Gasteiger partial charge in [-0.2, -0.15) is 0 Å². The Kier molecular flexibility index (Phi) is 2.37. The van der Waals surface area contributed by atoms with Crippen molar-refractivity contribution in [2.24, 2.45) is 0 Å². The first-order valence-corrected chi connectivity index (χ1v) is 5.50. The van der Waals surface area contributed by atoms with Crippen LogP contribution in [0.25, 0.3) is 21.9 Å². The molecule has 1 radical (unpaired) electrons. The highest BCUT2D eigenvalue weighted by Gasteiger charge is 2.02. The Bertz CT molecular complexity index is 657. The zero-order valence-corrected chi connectivity index (χ0v) is 9.15. The topological polar surface area (TPSA) is 0 Å². The third kappa shape index (κ3) is 1.80. The van der Waals surface area contributed by atoms with Gasteiger partial charge in [0.25, 0.3) is 0 Å². The van der Waals surface area contributed by atoms with Crippen LogP contribution in [-0.4, -0.2) is 0 Å². The number of hydrogen-bond acceptors (Lipinski definition) is 0. The van der Waals surface area contributed by atoms with E-state index in [-0.39, 0.29) is 5.82 Å². The van der Waals surface area contributed by atoms with Crippen molar-refractivity contribution in [3.63, 3.8) is 0 Å². The summed E-state index contributed by atoms with van der Waals surface area (Å²) in [5.41, 5.74) is 2.12. The fraction of sp³-hybridized carbons (Fsp3) is 0. The van der Waals surface area contributed by atoms with E-state index in [0.717, 1.165) is 16.5 Å².